The highest BCUT2D eigenvalue weighted by Crippen LogP contribution is 2.31. The second-order valence-corrected chi connectivity index (χ2v) is 11.5. The van der Waals surface area contributed by atoms with Crippen molar-refractivity contribution in [3.05, 3.63) is 0 Å². The first-order chi connectivity index (χ1) is 16.4. The lowest BCUT2D eigenvalue weighted by atomic mass is 9.81. The maximum Gasteiger partial charge on any atom is 0.308 e. The Morgan fingerprint density at radius 2 is 0.941 bits per heavy atom. The highest BCUT2D eigenvalue weighted by atomic mass is 16.5. The first-order valence-electron chi connectivity index (χ1n) is 14.7. The summed E-state index contributed by atoms with van der Waals surface area (Å²) in [4.78, 5) is 24.9. The predicted octanol–water partition coefficient (Wildman–Crippen LogP) is 8.65. The fourth-order valence-electron chi connectivity index (χ4n) is 4.92. The largest absolute Gasteiger partial charge is 0.465 e. The van der Waals surface area contributed by atoms with Crippen LogP contribution < -0.4 is 0 Å². The van der Waals surface area contributed by atoms with E-state index in [9.17, 15) is 9.59 Å². The second-order valence-electron chi connectivity index (χ2n) is 11.5. The van der Waals surface area contributed by atoms with Gasteiger partial charge in [-0.05, 0) is 43.9 Å². The van der Waals surface area contributed by atoms with Gasteiger partial charge in [0, 0.05) is 0 Å². The smallest absolute Gasteiger partial charge is 0.308 e. The van der Waals surface area contributed by atoms with E-state index in [0.29, 0.717) is 19.6 Å². The molecule has 1 fully saturated rings. The predicted molar refractivity (Wildman–Crippen MR) is 142 cm³/mol. The van der Waals surface area contributed by atoms with Crippen molar-refractivity contribution in [2.45, 2.75) is 143 Å². The number of rotatable bonds is 20. The van der Waals surface area contributed by atoms with Gasteiger partial charge in [-0.15, -0.1) is 0 Å². The van der Waals surface area contributed by atoms with Crippen molar-refractivity contribution in [2.75, 3.05) is 13.2 Å². The molecule has 0 saturated heterocycles. The normalized spacial score (nSPS) is 18.4. The Morgan fingerprint density at radius 1 is 0.588 bits per heavy atom. The zero-order valence-corrected chi connectivity index (χ0v) is 23.1. The van der Waals surface area contributed by atoms with Crippen molar-refractivity contribution >= 4 is 11.9 Å². The molecule has 4 nitrogen and oxygen atoms in total. The topological polar surface area (TPSA) is 52.6 Å². The van der Waals surface area contributed by atoms with Crippen LogP contribution in [0.4, 0.5) is 0 Å². The Morgan fingerprint density at radius 3 is 1.32 bits per heavy atom. The Bertz CT molecular complexity index is 514. The minimum atomic E-state index is -0.132. The number of esters is 2. The summed E-state index contributed by atoms with van der Waals surface area (Å²) < 4.78 is 11.1. The molecule has 200 valence electrons. The second kappa shape index (κ2) is 20.2. The molecule has 4 heteroatoms. The molecular formula is C30H56O4. The molecule has 0 N–H and O–H groups in total. The lowest BCUT2D eigenvalue weighted by Gasteiger charge is -2.26. The Hall–Kier alpha value is -1.06. The van der Waals surface area contributed by atoms with Gasteiger partial charge in [0.2, 0.25) is 0 Å². The fraction of sp³-hybridized carbons (Fsp3) is 0.933. The number of carbonyl (C=O) groups is 2. The molecule has 0 aliphatic heterocycles. The van der Waals surface area contributed by atoms with Gasteiger partial charge in [-0.2, -0.15) is 0 Å². The molecule has 1 rings (SSSR count). The van der Waals surface area contributed by atoms with Crippen LogP contribution in [0.25, 0.3) is 0 Å². The third-order valence-corrected chi connectivity index (χ3v) is 7.18. The van der Waals surface area contributed by atoms with Crippen LogP contribution in [0.15, 0.2) is 0 Å². The fourth-order valence-corrected chi connectivity index (χ4v) is 4.92. The van der Waals surface area contributed by atoms with Gasteiger partial charge in [-0.25, -0.2) is 0 Å². The van der Waals surface area contributed by atoms with Gasteiger partial charge >= 0.3 is 11.9 Å². The van der Waals surface area contributed by atoms with E-state index < -0.39 is 0 Å². The molecule has 0 radical (unpaired) electrons. The third kappa shape index (κ3) is 16.5. The Labute approximate surface area is 211 Å². The minimum absolute atomic E-state index is 0.104. The van der Waals surface area contributed by atoms with Gasteiger partial charge in [0.05, 0.1) is 25.0 Å². The number of hydrogen-bond donors (Lipinski definition) is 0. The van der Waals surface area contributed by atoms with Crippen molar-refractivity contribution in [1.29, 1.82) is 0 Å². The quantitative estimate of drug-likeness (QED) is 0.129. The summed E-state index contributed by atoms with van der Waals surface area (Å²) in [5.74, 6) is 1.12. The molecule has 1 saturated carbocycles. The van der Waals surface area contributed by atoms with E-state index >= 15 is 0 Å². The molecule has 2 atom stereocenters. The summed E-state index contributed by atoms with van der Waals surface area (Å²) in [5.41, 5.74) is 0. The first kappa shape index (κ1) is 31.0. The van der Waals surface area contributed by atoms with Gasteiger partial charge < -0.3 is 9.47 Å². The van der Waals surface area contributed by atoms with E-state index in [0.717, 1.165) is 56.8 Å². The average Bonchev–Trinajstić information content (AvgIpc) is 2.81. The number of ether oxygens (including phenoxy) is 2. The molecule has 1 aliphatic rings. The zero-order chi connectivity index (χ0) is 25.0. The van der Waals surface area contributed by atoms with Crippen molar-refractivity contribution < 1.29 is 19.1 Å². The molecule has 34 heavy (non-hydrogen) atoms. The van der Waals surface area contributed by atoms with Crippen LogP contribution in [-0.4, -0.2) is 25.2 Å². The van der Waals surface area contributed by atoms with E-state index in [1.807, 2.05) is 0 Å². The Balaban J connectivity index is 2.03. The molecule has 1 aliphatic carbocycles. The molecule has 0 spiro atoms. The standard InChI is InChI=1S/C30H56O4/c1-25(2)18-13-9-7-5-6-8-11-15-22-33-29(31)27-20-17-21-28(24-27)30(32)34-23-16-12-10-14-19-26(3)4/h25-28H,5-24H2,1-4H3. The summed E-state index contributed by atoms with van der Waals surface area (Å²) in [5, 5.41) is 0. The highest BCUT2D eigenvalue weighted by Gasteiger charge is 2.32. The van der Waals surface area contributed by atoms with E-state index in [2.05, 4.69) is 27.7 Å². The molecule has 0 aromatic carbocycles. The van der Waals surface area contributed by atoms with Crippen LogP contribution >= 0.6 is 0 Å². The molecule has 0 amide bonds. The SMILES string of the molecule is CC(C)CCCCCCCCCCOC(=O)C1CCCC(C(=O)OCCCCCCC(C)C)C1. The lowest BCUT2D eigenvalue weighted by molar-refractivity contribution is -0.155. The molecular weight excluding hydrogens is 424 g/mol. The summed E-state index contributed by atoms with van der Waals surface area (Å²) >= 11 is 0. The number of carbonyl (C=O) groups excluding carboxylic acids is 2. The average molecular weight is 481 g/mol. The number of unbranched alkanes of at least 4 members (excludes halogenated alkanes) is 10. The van der Waals surface area contributed by atoms with Gasteiger partial charge in [-0.3, -0.25) is 9.59 Å². The number of hydrogen-bond acceptors (Lipinski definition) is 4. The summed E-state index contributed by atoms with van der Waals surface area (Å²) in [6, 6.07) is 0. The van der Waals surface area contributed by atoms with Gasteiger partial charge in [0.1, 0.15) is 0 Å². The molecule has 2 unspecified atom stereocenters. The van der Waals surface area contributed by atoms with E-state index in [4.69, 9.17) is 9.47 Å². The van der Waals surface area contributed by atoms with Gasteiger partial charge in [0.25, 0.3) is 0 Å². The van der Waals surface area contributed by atoms with Gasteiger partial charge in [0.15, 0.2) is 0 Å². The van der Waals surface area contributed by atoms with Crippen LogP contribution in [0.2, 0.25) is 0 Å². The maximum atomic E-state index is 12.5. The zero-order valence-electron chi connectivity index (χ0n) is 23.1. The van der Waals surface area contributed by atoms with Crippen LogP contribution in [-0.2, 0) is 19.1 Å². The lowest BCUT2D eigenvalue weighted by Crippen LogP contribution is -2.30. The molecule has 0 bridgehead atoms. The maximum absolute atomic E-state index is 12.5. The third-order valence-electron chi connectivity index (χ3n) is 7.18. The Kier molecular flexibility index (Phi) is 18.4. The van der Waals surface area contributed by atoms with Crippen molar-refractivity contribution in [1.82, 2.24) is 0 Å². The monoisotopic (exact) mass is 480 g/mol. The van der Waals surface area contributed by atoms with E-state index in [-0.39, 0.29) is 23.8 Å². The molecule has 0 aromatic heterocycles. The van der Waals surface area contributed by atoms with E-state index in [1.165, 1.54) is 64.2 Å². The minimum Gasteiger partial charge on any atom is -0.465 e. The van der Waals surface area contributed by atoms with Crippen LogP contribution in [0.1, 0.15) is 143 Å². The molecule has 0 aromatic rings. The van der Waals surface area contributed by atoms with Crippen molar-refractivity contribution in [3.63, 3.8) is 0 Å². The van der Waals surface area contributed by atoms with Crippen molar-refractivity contribution in [3.8, 4) is 0 Å². The summed E-state index contributed by atoms with van der Waals surface area (Å²) in [6.45, 7) is 10.2. The van der Waals surface area contributed by atoms with Crippen LogP contribution in [0.5, 0.6) is 0 Å². The summed E-state index contributed by atoms with van der Waals surface area (Å²) in [7, 11) is 0. The van der Waals surface area contributed by atoms with Gasteiger partial charge in [-0.1, -0.05) is 111 Å². The van der Waals surface area contributed by atoms with Crippen molar-refractivity contribution in [2.24, 2.45) is 23.7 Å². The van der Waals surface area contributed by atoms with Crippen LogP contribution in [0, 0.1) is 23.7 Å². The summed E-state index contributed by atoms with van der Waals surface area (Å²) in [6.07, 6.45) is 20.4. The van der Waals surface area contributed by atoms with Crippen LogP contribution in [0.3, 0.4) is 0 Å². The first-order valence-corrected chi connectivity index (χ1v) is 14.7. The molecule has 0 heterocycles. The van der Waals surface area contributed by atoms with E-state index in [1.54, 1.807) is 0 Å². The highest BCUT2D eigenvalue weighted by molar-refractivity contribution is 5.76.